The first-order valence-corrected chi connectivity index (χ1v) is 7.72. The number of aromatic nitrogens is 2. The van der Waals surface area contributed by atoms with Crippen molar-refractivity contribution >= 4 is 11.6 Å². The number of H-pyrrole nitrogens is 1. The van der Waals surface area contributed by atoms with E-state index in [1.54, 1.807) is 4.90 Å². The number of aromatic amines is 1. The average molecular weight is 312 g/mol. The van der Waals surface area contributed by atoms with E-state index in [0.29, 0.717) is 6.54 Å². The zero-order valence-electron chi connectivity index (χ0n) is 13.3. The molecule has 1 aromatic carbocycles. The van der Waals surface area contributed by atoms with Crippen LogP contribution in [0.4, 0.5) is 5.69 Å². The van der Waals surface area contributed by atoms with Gasteiger partial charge in [0.2, 0.25) is 0 Å². The topological polar surface area (TPSA) is 69.3 Å². The van der Waals surface area contributed by atoms with E-state index < -0.39 is 5.56 Å². The Hall–Kier alpha value is -2.63. The van der Waals surface area contributed by atoms with Crippen molar-refractivity contribution in [3.63, 3.8) is 0 Å². The third-order valence-electron chi connectivity index (χ3n) is 4.29. The average Bonchev–Trinajstić information content (AvgIpc) is 2.55. The molecule has 1 aliphatic heterocycles. The summed E-state index contributed by atoms with van der Waals surface area (Å²) in [5.74, 6) is -0.253. The number of nitrogens with zero attached hydrogens (tertiary/aromatic N) is 3. The molecule has 1 N–H and O–H groups in total. The van der Waals surface area contributed by atoms with Gasteiger partial charge in [0.05, 0.1) is 6.33 Å². The second-order valence-corrected chi connectivity index (χ2v) is 5.87. The first-order chi connectivity index (χ1) is 11.1. The smallest absolute Gasteiger partial charge is 0.263 e. The number of carbonyl (C=O) groups is 1. The standard InChI is InChI=1S/C17H20N4O2/c1-12-5-3-4-6-15(12)20-7-8-21(13(2)10-20)17(23)14-9-18-11-19-16(14)22/h3-6,9,11,13H,7-8,10H2,1-2H3,(H,18,19,22)/t13-/m1/s1. The molecule has 0 saturated carbocycles. The molecule has 3 rings (SSSR count). The van der Waals surface area contributed by atoms with Crippen molar-refractivity contribution in [2.45, 2.75) is 19.9 Å². The SMILES string of the molecule is Cc1ccccc1N1CCN(C(=O)c2cnc[nH]c2=O)[C@H](C)C1. The van der Waals surface area contributed by atoms with Crippen LogP contribution < -0.4 is 10.5 Å². The number of carbonyl (C=O) groups excluding carboxylic acids is 1. The minimum absolute atomic E-state index is 0.0236. The van der Waals surface area contributed by atoms with Gasteiger partial charge in [0, 0.05) is 37.6 Å². The molecule has 6 nitrogen and oxygen atoms in total. The van der Waals surface area contributed by atoms with Gasteiger partial charge in [-0.05, 0) is 25.5 Å². The summed E-state index contributed by atoms with van der Waals surface area (Å²) < 4.78 is 0. The fourth-order valence-electron chi connectivity index (χ4n) is 3.05. The molecule has 6 heteroatoms. The van der Waals surface area contributed by atoms with Crippen LogP contribution in [0.2, 0.25) is 0 Å². The van der Waals surface area contributed by atoms with Crippen molar-refractivity contribution in [1.29, 1.82) is 0 Å². The summed E-state index contributed by atoms with van der Waals surface area (Å²) in [6.45, 7) is 6.18. The Morgan fingerprint density at radius 1 is 1.30 bits per heavy atom. The number of anilines is 1. The van der Waals surface area contributed by atoms with Gasteiger partial charge in [0.25, 0.3) is 11.5 Å². The number of rotatable bonds is 2. The summed E-state index contributed by atoms with van der Waals surface area (Å²) in [6, 6.07) is 8.27. The van der Waals surface area contributed by atoms with Gasteiger partial charge in [-0.25, -0.2) is 4.98 Å². The monoisotopic (exact) mass is 312 g/mol. The first-order valence-electron chi connectivity index (χ1n) is 7.72. The van der Waals surface area contributed by atoms with Crippen molar-refractivity contribution in [2.75, 3.05) is 24.5 Å². The Kier molecular flexibility index (Phi) is 4.14. The van der Waals surface area contributed by atoms with Crippen LogP contribution in [0.25, 0.3) is 0 Å². The van der Waals surface area contributed by atoms with Crippen molar-refractivity contribution in [1.82, 2.24) is 14.9 Å². The zero-order valence-corrected chi connectivity index (χ0v) is 13.3. The molecule has 0 unspecified atom stereocenters. The lowest BCUT2D eigenvalue weighted by molar-refractivity contribution is 0.0671. The molecule has 0 spiro atoms. The molecule has 23 heavy (non-hydrogen) atoms. The van der Waals surface area contributed by atoms with E-state index in [1.807, 2.05) is 19.1 Å². The minimum atomic E-state index is -0.390. The Morgan fingerprint density at radius 2 is 2.09 bits per heavy atom. The van der Waals surface area contributed by atoms with Gasteiger partial charge in [0.1, 0.15) is 5.56 Å². The van der Waals surface area contributed by atoms with Gasteiger partial charge in [0.15, 0.2) is 0 Å². The Labute approximate surface area is 134 Å². The molecular weight excluding hydrogens is 292 g/mol. The molecule has 1 atom stereocenters. The molecule has 2 heterocycles. The quantitative estimate of drug-likeness (QED) is 0.911. The Balaban J connectivity index is 1.77. The normalized spacial score (nSPS) is 18.1. The molecule has 1 aromatic heterocycles. The summed E-state index contributed by atoms with van der Waals surface area (Å²) in [7, 11) is 0. The van der Waals surface area contributed by atoms with Crippen LogP contribution >= 0.6 is 0 Å². The van der Waals surface area contributed by atoms with Crippen LogP contribution in [0.15, 0.2) is 41.6 Å². The maximum Gasteiger partial charge on any atom is 0.263 e. The van der Waals surface area contributed by atoms with Gasteiger partial charge in [-0.2, -0.15) is 0 Å². The maximum atomic E-state index is 12.6. The highest BCUT2D eigenvalue weighted by Crippen LogP contribution is 2.23. The fourth-order valence-corrected chi connectivity index (χ4v) is 3.05. The Bertz CT molecular complexity index is 771. The second-order valence-electron chi connectivity index (χ2n) is 5.87. The summed E-state index contributed by atoms with van der Waals surface area (Å²) in [5, 5.41) is 0. The molecule has 0 radical (unpaired) electrons. The van der Waals surface area contributed by atoms with Gasteiger partial charge in [-0.1, -0.05) is 18.2 Å². The first kappa shape index (κ1) is 15.3. The molecule has 0 aliphatic carbocycles. The lowest BCUT2D eigenvalue weighted by Gasteiger charge is -2.41. The van der Waals surface area contributed by atoms with Crippen LogP contribution in [-0.4, -0.2) is 46.5 Å². The number of benzene rings is 1. The predicted octanol–water partition coefficient (Wildman–Crippen LogP) is 1.43. The summed E-state index contributed by atoms with van der Waals surface area (Å²) in [5.41, 5.74) is 2.14. The molecule has 1 fully saturated rings. The maximum absolute atomic E-state index is 12.6. The molecule has 2 aromatic rings. The number of piperazine rings is 1. The largest absolute Gasteiger partial charge is 0.367 e. The summed E-state index contributed by atoms with van der Waals surface area (Å²) in [4.78, 5) is 34.7. The fraction of sp³-hybridized carbons (Fsp3) is 0.353. The Morgan fingerprint density at radius 3 is 2.78 bits per heavy atom. The molecule has 0 bridgehead atoms. The number of hydrogen-bond donors (Lipinski definition) is 1. The number of aryl methyl sites for hydroxylation is 1. The second kappa shape index (κ2) is 6.24. The third-order valence-corrected chi connectivity index (χ3v) is 4.29. The van der Waals surface area contributed by atoms with E-state index in [9.17, 15) is 9.59 Å². The van der Waals surface area contributed by atoms with Crippen LogP contribution in [0, 0.1) is 6.92 Å². The van der Waals surface area contributed by atoms with E-state index in [2.05, 4.69) is 33.9 Å². The molecule has 1 amide bonds. The van der Waals surface area contributed by atoms with E-state index in [-0.39, 0.29) is 17.5 Å². The summed E-state index contributed by atoms with van der Waals surface area (Å²) in [6.07, 6.45) is 2.63. The van der Waals surface area contributed by atoms with Crippen LogP contribution in [-0.2, 0) is 0 Å². The number of nitrogens with one attached hydrogen (secondary N) is 1. The van der Waals surface area contributed by atoms with Crippen LogP contribution in [0.1, 0.15) is 22.8 Å². The molecule has 120 valence electrons. The van der Waals surface area contributed by atoms with Gasteiger partial charge in [-0.3, -0.25) is 9.59 Å². The highest BCUT2D eigenvalue weighted by Gasteiger charge is 2.29. The number of para-hydroxylation sites is 1. The predicted molar refractivity (Wildman–Crippen MR) is 88.7 cm³/mol. The van der Waals surface area contributed by atoms with Crippen molar-refractivity contribution in [3.05, 3.63) is 58.3 Å². The van der Waals surface area contributed by atoms with E-state index in [4.69, 9.17) is 0 Å². The van der Waals surface area contributed by atoms with Crippen LogP contribution in [0.3, 0.4) is 0 Å². The minimum Gasteiger partial charge on any atom is -0.367 e. The van der Waals surface area contributed by atoms with Crippen LogP contribution in [0.5, 0.6) is 0 Å². The highest BCUT2D eigenvalue weighted by atomic mass is 16.2. The third kappa shape index (κ3) is 2.97. The lowest BCUT2D eigenvalue weighted by atomic mass is 10.1. The van der Waals surface area contributed by atoms with E-state index in [0.717, 1.165) is 13.1 Å². The van der Waals surface area contributed by atoms with E-state index >= 15 is 0 Å². The van der Waals surface area contributed by atoms with Crippen molar-refractivity contribution < 1.29 is 4.79 Å². The van der Waals surface area contributed by atoms with Gasteiger partial charge < -0.3 is 14.8 Å². The highest BCUT2D eigenvalue weighted by molar-refractivity contribution is 5.93. The van der Waals surface area contributed by atoms with Crippen molar-refractivity contribution in [2.24, 2.45) is 0 Å². The molecule has 1 saturated heterocycles. The molecule has 1 aliphatic rings. The van der Waals surface area contributed by atoms with Crippen molar-refractivity contribution in [3.8, 4) is 0 Å². The zero-order chi connectivity index (χ0) is 16.4. The molecular formula is C17H20N4O2. The lowest BCUT2D eigenvalue weighted by Crippen LogP contribution is -2.54. The van der Waals surface area contributed by atoms with Gasteiger partial charge in [-0.15, -0.1) is 0 Å². The summed E-state index contributed by atoms with van der Waals surface area (Å²) >= 11 is 0. The van der Waals surface area contributed by atoms with E-state index in [1.165, 1.54) is 23.8 Å². The number of hydrogen-bond acceptors (Lipinski definition) is 4. The number of amides is 1. The van der Waals surface area contributed by atoms with Gasteiger partial charge >= 0.3 is 0 Å².